The third-order valence-corrected chi connectivity index (χ3v) is 5.36. The second-order valence-corrected chi connectivity index (χ2v) is 8.06. The number of hydrogen-bond acceptors (Lipinski definition) is 4. The Morgan fingerprint density at radius 1 is 1.13 bits per heavy atom. The zero-order valence-electron chi connectivity index (χ0n) is 13.3. The first-order chi connectivity index (χ1) is 10.9. The van der Waals surface area contributed by atoms with Gasteiger partial charge < -0.3 is 10.3 Å². The van der Waals surface area contributed by atoms with Crippen LogP contribution in [-0.4, -0.2) is 19.7 Å². The van der Waals surface area contributed by atoms with Crippen molar-refractivity contribution in [1.82, 2.24) is 4.98 Å². The number of aryl methyl sites for hydroxylation is 1. The molecule has 5 nitrogen and oxygen atoms in total. The van der Waals surface area contributed by atoms with Crippen LogP contribution in [0.5, 0.6) is 0 Å². The van der Waals surface area contributed by atoms with Crippen LogP contribution < -0.4 is 10.9 Å². The van der Waals surface area contributed by atoms with Crippen LogP contribution in [0.3, 0.4) is 0 Å². The Morgan fingerprint density at radius 3 is 2.52 bits per heavy atom. The highest BCUT2D eigenvalue weighted by Gasteiger charge is 2.19. The molecule has 2 N–H and O–H groups in total. The third kappa shape index (κ3) is 3.17. The minimum atomic E-state index is -3.25. The summed E-state index contributed by atoms with van der Waals surface area (Å²) in [5.41, 5.74) is 4.28. The van der Waals surface area contributed by atoms with E-state index in [1.165, 1.54) is 6.26 Å². The minimum Gasteiger partial charge on any atom is -0.354 e. The Labute approximate surface area is 135 Å². The molecule has 2 aromatic rings. The molecular weight excluding hydrogens is 312 g/mol. The highest BCUT2D eigenvalue weighted by atomic mass is 32.2. The molecule has 122 valence electrons. The number of hydrogen-bond donors (Lipinski definition) is 2. The number of pyridine rings is 1. The summed E-state index contributed by atoms with van der Waals surface area (Å²) < 4.78 is 23.4. The molecule has 6 heteroatoms. The van der Waals surface area contributed by atoms with Crippen molar-refractivity contribution >= 4 is 21.2 Å². The summed E-state index contributed by atoms with van der Waals surface area (Å²) in [6.07, 6.45) is 4.95. The van der Waals surface area contributed by atoms with Crippen LogP contribution >= 0.6 is 0 Å². The van der Waals surface area contributed by atoms with Crippen LogP contribution in [0.1, 0.15) is 29.7 Å². The molecule has 1 aromatic heterocycles. The van der Waals surface area contributed by atoms with Crippen LogP contribution in [0.15, 0.2) is 34.0 Å². The fourth-order valence-corrected chi connectivity index (χ4v) is 3.75. The van der Waals surface area contributed by atoms with Gasteiger partial charge in [-0.3, -0.25) is 4.79 Å². The van der Waals surface area contributed by atoms with Gasteiger partial charge >= 0.3 is 0 Å². The lowest BCUT2D eigenvalue weighted by Crippen LogP contribution is -2.22. The van der Waals surface area contributed by atoms with Crippen molar-refractivity contribution in [3.63, 3.8) is 0 Å². The highest BCUT2D eigenvalue weighted by molar-refractivity contribution is 7.90. The number of fused-ring (bicyclic) bond motifs is 1. The molecule has 0 amide bonds. The number of nitrogens with one attached hydrogen (secondary N) is 2. The average molecular weight is 332 g/mol. The molecule has 0 saturated carbocycles. The molecule has 0 saturated heterocycles. The molecule has 0 aliphatic heterocycles. The molecule has 1 aliphatic rings. The lowest BCUT2D eigenvalue weighted by molar-refractivity contribution is 0.602. The molecule has 0 atom stereocenters. The molecule has 0 fully saturated rings. The molecule has 1 aliphatic carbocycles. The van der Waals surface area contributed by atoms with Crippen molar-refractivity contribution < 1.29 is 8.42 Å². The predicted octanol–water partition coefficient (Wildman–Crippen LogP) is 2.71. The van der Waals surface area contributed by atoms with Gasteiger partial charge in [0, 0.05) is 23.2 Å². The molecule has 0 bridgehead atoms. The first-order valence-corrected chi connectivity index (χ1v) is 9.57. The molecule has 1 aromatic carbocycles. The van der Waals surface area contributed by atoms with Crippen LogP contribution in [0, 0.1) is 6.92 Å². The Bertz CT molecular complexity index is 914. The van der Waals surface area contributed by atoms with E-state index in [0.717, 1.165) is 48.2 Å². The van der Waals surface area contributed by atoms with E-state index < -0.39 is 9.84 Å². The largest absolute Gasteiger partial charge is 0.354 e. The Balaban J connectivity index is 2.06. The van der Waals surface area contributed by atoms with Gasteiger partial charge in [0.15, 0.2) is 9.84 Å². The summed E-state index contributed by atoms with van der Waals surface area (Å²) in [5, 5.41) is 3.31. The van der Waals surface area contributed by atoms with E-state index >= 15 is 0 Å². The molecule has 0 unspecified atom stereocenters. The molecule has 1 heterocycles. The number of anilines is 2. The summed E-state index contributed by atoms with van der Waals surface area (Å²) in [6.45, 7) is 1.86. The molecule has 3 rings (SSSR count). The van der Waals surface area contributed by atoms with Gasteiger partial charge in [0.2, 0.25) is 0 Å². The van der Waals surface area contributed by atoms with Gasteiger partial charge in [-0.2, -0.15) is 0 Å². The third-order valence-electron chi connectivity index (χ3n) is 4.25. The van der Waals surface area contributed by atoms with E-state index in [2.05, 4.69) is 10.3 Å². The van der Waals surface area contributed by atoms with Crippen LogP contribution in [-0.2, 0) is 22.7 Å². The fraction of sp³-hybridized carbons (Fsp3) is 0.353. The number of rotatable bonds is 3. The lowest BCUT2D eigenvalue weighted by Gasteiger charge is -2.21. The zero-order valence-corrected chi connectivity index (χ0v) is 14.1. The SMILES string of the molecule is Cc1[nH]c(=O)c2c(c1Nc1cccc(S(C)(=O)=O)c1)CCCC2. The summed E-state index contributed by atoms with van der Waals surface area (Å²) in [7, 11) is -3.25. The summed E-state index contributed by atoms with van der Waals surface area (Å²) >= 11 is 0. The van der Waals surface area contributed by atoms with E-state index in [1.807, 2.05) is 13.0 Å². The summed E-state index contributed by atoms with van der Waals surface area (Å²) in [6, 6.07) is 6.74. The Hall–Kier alpha value is -2.08. The molecule has 0 radical (unpaired) electrons. The second kappa shape index (κ2) is 5.85. The van der Waals surface area contributed by atoms with Crippen molar-refractivity contribution in [1.29, 1.82) is 0 Å². The topological polar surface area (TPSA) is 79.0 Å². The van der Waals surface area contributed by atoms with E-state index in [0.29, 0.717) is 5.69 Å². The van der Waals surface area contributed by atoms with Crippen LogP contribution in [0.25, 0.3) is 0 Å². The molecular formula is C17H20N2O3S. The fourth-order valence-electron chi connectivity index (χ4n) is 3.08. The number of aromatic amines is 1. The van der Waals surface area contributed by atoms with Crippen LogP contribution in [0.2, 0.25) is 0 Å². The van der Waals surface area contributed by atoms with Gasteiger partial charge in [-0.1, -0.05) is 6.07 Å². The van der Waals surface area contributed by atoms with Gasteiger partial charge in [-0.25, -0.2) is 8.42 Å². The number of H-pyrrole nitrogens is 1. The van der Waals surface area contributed by atoms with E-state index in [-0.39, 0.29) is 10.5 Å². The van der Waals surface area contributed by atoms with E-state index in [9.17, 15) is 13.2 Å². The number of aromatic nitrogens is 1. The van der Waals surface area contributed by atoms with Gasteiger partial charge in [0.1, 0.15) is 0 Å². The summed E-state index contributed by atoms with van der Waals surface area (Å²) in [4.78, 5) is 15.3. The van der Waals surface area contributed by atoms with Crippen molar-refractivity contribution in [2.75, 3.05) is 11.6 Å². The number of sulfone groups is 1. The first kappa shape index (κ1) is 15.8. The quantitative estimate of drug-likeness (QED) is 0.906. The standard InChI is InChI=1S/C17H20N2O3S/c1-11-16(14-8-3-4-9-15(14)17(20)18-11)19-12-6-5-7-13(10-12)23(2,21)22/h5-7,10,19H,3-4,8-9H2,1-2H3,(H,18,20). The molecule has 0 spiro atoms. The summed E-state index contributed by atoms with van der Waals surface area (Å²) in [5.74, 6) is 0. The second-order valence-electron chi connectivity index (χ2n) is 6.04. The Kier molecular flexibility index (Phi) is 4.02. The van der Waals surface area contributed by atoms with Gasteiger partial charge in [0.25, 0.3) is 5.56 Å². The lowest BCUT2D eigenvalue weighted by atomic mass is 9.91. The monoisotopic (exact) mass is 332 g/mol. The maximum Gasteiger partial charge on any atom is 0.251 e. The maximum absolute atomic E-state index is 12.1. The molecule has 23 heavy (non-hydrogen) atoms. The normalized spacial score (nSPS) is 14.3. The maximum atomic E-state index is 12.1. The van der Waals surface area contributed by atoms with Gasteiger partial charge in [-0.05, 0) is 56.4 Å². The van der Waals surface area contributed by atoms with Crippen molar-refractivity contribution in [3.8, 4) is 0 Å². The van der Waals surface area contributed by atoms with Gasteiger partial charge in [0.05, 0.1) is 10.6 Å². The average Bonchev–Trinajstić information content (AvgIpc) is 2.51. The van der Waals surface area contributed by atoms with Gasteiger partial charge in [-0.15, -0.1) is 0 Å². The van der Waals surface area contributed by atoms with E-state index in [4.69, 9.17) is 0 Å². The van der Waals surface area contributed by atoms with Crippen molar-refractivity contribution in [2.24, 2.45) is 0 Å². The van der Waals surface area contributed by atoms with Crippen molar-refractivity contribution in [2.45, 2.75) is 37.5 Å². The minimum absolute atomic E-state index is 0.00682. The first-order valence-electron chi connectivity index (χ1n) is 7.68. The van der Waals surface area contributed by atoms with E-state index in [1.54, 1.807) is 18.2 Å². The van der Waals surface area contributed by atoms with Crippen molar-refractivity contribution in [3.05, 3.63) is 51.4 Å². The smallest absolute Gasteiger partial charge is 0.251 e. The number of benzene rings is 1. The van der Waals surface area contributed by atoms with Crippen LogP contribution in [0.4, 0.5) is 11.4 Å². The highest BCUT2D eigenvalue weighted by Crippen LogP contribution is 2.30. The Morgan fingerprint density at radius 2 is 1.83 bits per heavy atom. The zero-order chi connectivity index (χ0) is 16.6. The predicted molar refractivity (Wildman–Crippen MR) is 91.3 cm³/mol.